The number of aromatic nitrogens is 3. The second-order valence-electron chi connectivity index (χ2n) is 6.52. The molecule has 0 fully saturated rings. The number of hydrogen-bond acceptors (Lipinski definition) is 6. The van der Waals surface area contributed by atoms with Crippen molar-refractivity contribution in [3.63, 3.8) is 0 Å². The van der Waals surface area contributed by atoms with Crippen molar-refractivity contribution in [1.82, 2.24) is 15.0 Å². The molecule has 1 heterocycles. The summed E-state index contributed by atoms with van der Waals surface area (Å²) in [5.74, 6) is 0.666. The summed E-state index contributed by atoms with van der Waals surface area (Å²) in [5, 5.41) is 8.40. The Labute approximate surface area is 173 Å². The van der Waals surface area contributed by atoms with Gasteiger partial charge in [-0.15, -0.1) is 5.10 Å². The van der Waals surface area contributed by atoms with Crippen LogP contribution in [-0.2, 0) is 0 Å². The highest BCUT2D eigenvalue weighted by molar-refractivity contribution is 6.30. The second kappa shape index (κ2) is 8.08. The average Bonchev–Trinajstić information content (AvgIpc) is 3.23. The van der Waals surface area contributed by atoms with E-state index in [-0.39, 0.29) is 11.5 Å². The van der Waals surface area contributed by atoms with Crippen molar-refractivity contribution < 1.29 is 14.3 Å². The van der Waals surface area contributed by atoms with Crippen LogP contribution in [0.5, 0.6) is 11.5 Å². The summed E-state index contributed by atoms with van der Waals surface area (Å²) in [5.41, 5.74) is 9.45. The highest BCUT2D eigenvalue weighted by Crippen LogP contribution is 2.31. The molecule has 4 rings (SSSR count). The summed E-state index contributed by atoms with van der Waals surface area (Å²) in [6.07, 6.45) is 0. The van der Waals surface area contributed by atoms with E-state index in [0.29, 0.717) is 39.4 Å². The quantitative estimate of drug-likeness (QED) is 0.393. The van der Waals surface area contributed by atoms with E-state index in [1.807, 2.05) is 54.6 Å². The molecule has 3 aromatic carbocycles. The molecule has 150 valence electrons. The highest BCUT2D eigenvalue weighted by Gasteiger charge is 2.23. The lowest BCUT2D eigenvalue weighted by Gasteiger charge is -2.14. The fourth-order valence-corrected chi connectivity index (χ4v) is 3.24. The average molecular weight is 400 g/mol. The number of carbonyl (C=O) groups excluding carboxylic acids is 1. The van der Waals surface area contributed by atoms with Crippen LogP contribution in [0.4, 0.5) is 0 Å². The van der Waals surface area contributed by atoms with Crippen molar-refractivity contribution in [2.24, 2.45) is 5.73 Å². The van der Waals surface area contributed by atoms with E-state index in [2.05, 4.69) is 10.3 Å². The topological polar surface area (TPSA) is 92.3 Å². The first-order valence-electron chi connectivity index (χ1n) is 9.26. The zero-order valence-corrected chi connectivity index (χ0v) is 16.6. The van der Waals surface area contributed by atoms with Gasteiger partial charge in [0, 0.05) is 5.56 Å². The molecule has 0 aliphatic heterocycles. The van der Waals surface area contributed by atoms with E-state index in [4.69, 9.17) is 15.2 Å². The van der Waals surface area contributed by atoms with Gasteiger partial charge in [0.25, 0.3) is 0 Å². The number of carbonyl (C=O) groups is 1. The normalized spacial score (nSPS) is 11.8. The third-order valence-electron chi connectivity index (χ3n) is 4.76. The number of hydrogen-bond donors (Lipinski definition) is 1. The Bertz CT molecular complexity index is 1250. The molecule has 0 aliphatic rings. The van der Waals surface area contributed by atoms with E-state index in [9.17, 15) is 4.79 Å². The molecule has 0 aliphatic carbocycles. The Balaban J connectivity index is 1.94. The SMILES string of the molecule is COc1ccc(C(=O)/C(=C(\N)c2ccccc2)n2nnc3ccccc32)cc1OC. The summed E-state index contributed by atoms with van der Waals surface area (Å²) in [6, 6.07) is 21.7. The Morgan fingerprint density at radius 3 is 2.30 bits per heavy atom. The molecule has 2 N–H and O–H groups in total. The zero-order valence-electron chi connectivity index (χ0n) is 16.6. The van der Waals surface area contributed by atoms with E-state index >= 15 is 0 Å². The number of para-hydroxylation sites is 1. The molecule has 0 saturated heterocycles. The molecule has 0 unspecified atom stereocenters. The summed E-state index contributed by atoms with van der Waals surface area (Å²) in [7, 11) is 3.06. The molecule has 0 spiro atoms. The fraction of sp³-hybridized carbons (Fsp3) is 0.0870. The maximum atomic E-state index is 13.6. The van der Waals surface area contributed by atoms with Gasteiger partial charge in [0.2, 0.25) is 5.78 Å². The van der Waals surface area contributed by atoms with Crippen LogP contribution in [0, 0.1) is 0 Å². The number of ether oxygens (including phenoxy) is 2. The van der Waals surface area contributed by atoms with Crippen LogP contribution in [0.1, 0.15) is 15.9 Å². The minimum absolute atomic E-state index is 0.210. The number of ketones is 1. The first-order chi connectivity index (χ1) is 14.6. The van der Waals surface area contributed by atoms with Gasteiger partial charge in [0.1, 0.15) is 11.2 Å². The molecule has 7 nitrogen and oxygen atoms in total. The number of benzene rings is 3. The first-order valence-corrected chi connectivity index (χ1v) is 9.26. The number of Topliss-reactive ketones (excluding diaryl/α,β-unsaturated/α-hetero) is 1. The Hall–Kier alpha value is -4.13. The van der Waals surface area contributed by atoms with Crippen LogP contribution >= 0.6 is 0 Å². The van der Waals surface area contributed by atoms with Gasteiger partial charge in [-0.2, -0.15) is 0 Å². The number of methoxy groups -OCH3 is 2. The molecule has 0 bridgehead atoms. The summed E-state index contributed by atoms with van der Waals surface area (Å²) >= 11 is 0. The summed E-state index contributed by atoms with van der Waals surface area (Å²) in [4.78, 5) is 13.6. The lowest BCUT2D eigenvalue weighted by molar-refractivity contribution is 0.105. The number of nitrogens with two attached hydrogens (primary N) is 1. The molecule has 4 aromatic rings. The lowest BCUT2D eigenvalue weighted by atomic mass is 10.0. The minimum Gasteiger partial charge on any atom is -0.493 e. The molecule has 30 heavy (non-hydrogen) atoms. The van der Waals surface area contributed by atoms with Gasteiger partial charge in [0.15, 0.2) is 11.5 Å². The Morgan fingerprint density at radius 1 is 0.867 bits per heavy atom. The van der Waals surface area contributed by atoms with Gasteiger partial charge >= 0.3 is 0 Å². The number of nitrogens with zero attached hydrogens (tertiary/aromatic N) is 3. The standard InChI is InChI=1S/C23H20N4O3/c1-29-19-13-12-16(14-20(19)30-2)23(28)22(21(24)15-8-4-3-5-9-15)27-18-11-7-6-10-17(18)25-26-27/h3-14H,24H2,1-2H3/b22-21+. The van der Waals surface area contributed by atoms with Gasteiger partial charge < -0.3 is 15.2 Å². The number of fused-ring (bicyclic) bond motifs is 1. The number of allylic oxidation sites excluding steroid dienone is 1. The van der Waals surface area contributed by atoms with Gasteiger partial charge in [-0.3, -0.25) is 4.79 Å². The molecular weight excluding hydrogens is 380 g/mol. The molecule has 7 heteroatoms. The monoisotopic (exact) mass is 400 g/mol. The predicted octanol–water partition coefficient (Wildman–Crippen LogP) is 3.62. The molecule has 0 atom stereocenters. The minimum atomic E-state index is -0.312. The van der Waals surface area contributed by atoms with Crippen LogP contribution < -0.4 is 15.2 Å². The molecule has 0 saturated carbocycles. The van der Waals surface area contributed by atoms with Crippen LogP contribution in [0.3, 0.4) is 0 Å². The van der Waals surface area contributed by atoms with Crippen molar-refractivity contribution in [2.75, 3.05) is 14.2 Å². The zero-order chi connectivity index (χ0) is 21.1. The second-order valence-corrected chi connectivity index (χ2v) is 6.52. The maximum Gasteiger partial charge on any atom is 0.213 e. The van der Waals surface area contributed by atoms with Crippen LogP contribution in [0.25, 0.3) is 22.4 Å². The van der Waals surface area contributed by atoms with Crippen LogP contribution in [0.2, 0.25) is 0 Å². The van der Waals surface area contributed by atoms with E-state index < -0.39 is 0 Å². The van der Waals surface area contributed by atoms with E-state index in [0.717, 1.165) is 0 Å². The third kappa shape index (κ3) is 3.37. The van der Waals surface area contributed by atoms with Crippen molar-refractivity contribution in [3.8, 4) is 11.5 Å². The smallest absolute Gasteiger partial charge is 0.213 e. The van der Waals surface area contributed by atoms with Gasteiger partial charge in [-0.25, -0.2) is 4.68 Å². The molecule has 0 amide bonds. The van der Waals surface area contributed by atoms with Gasteiger partial charge in [0.05, 0.1) is 25.4 Å². The third-order valence-corrected chi connectivity index (χ3v) is 4.76. The Kier molecular flexibility index (Phi) is 5.17. The van der Waals surface area contributed by atoms with Crippen LogP contribution in [0.15, 0.2) is 72.8 Å². The van der Waals surface area contributed by atoms with E-state index in [1.54, 1.807) is 25.3 Å². The van der Waals surface area contributed by atoms with Crippen molar-refractivity contribution in [1.29, 1.82) is 0 Å². The van der Waals surface area contributed by atoms with Crippen molar-refractivity contribution in [2.45, 2.75) is 0 Å². The molecule has 0 radical (unpaired) electrons. The van der Waals surface area contributed by atoms with Gasteiger partial charge in [-0.05, 0) is 35.9 Å². The molecule has 1 aromatic heterocycles. The fourth-order valence-electron chi connectivity index (χ4n) is 3.24. The van der Waals surface area contributed by atoms with E-state index in [1.165, 1.54) is 11.8 Å². The van der Waals surface area contributed by atoms with Crippen molar-refractivity contribution in [3.05, 3.63) is 83.9 Å². The summed E-state index contributed by atoms with van der Waals surface area (Å²) in [6.45, 7) is 0. The Morgan fingerprint density at radius 2 is 1.57 bits per heavy atom. The largest absolute Gasteiger partial charge is 0.493 e. The number of rotatable bonds is 6. The highest BCUT2D eigenvalue weighted by atomic mass is 16.5. The lowest BCUT2D eigenvalue weighted by Crippen LogP contribution is -2.17. The van der Waals surface area contributed by atoms with Crippen molar-refractivity contribution >= 4 is 28.2 Å². The summed E-state index contributed by atoms with van der Waals surface area (Å²) < 4.78 is 12.1. The maximum absolute atomic E-state index is 13.6. The molecular formula is C23H20N4O3. The first kappa shape index (κ1) is 19.2. The van der Waals surface area contributed by atoms with Crippen LogP contribution in [-0.4, -0.2) is 35.0 Å². The predicted molar refractivity (Wildman–Crippen MR) is 115 cm³/mol. The van der Waals surface area contributed by atoms with Gasteiger partial charge in [-0.1, -0.05) is 47.7 Å².